The number of ketones is 1. The number of carbonyl (C=O) groups is 2. The number of hydrogen-bond acceptors (Lipinski definition) is 4. The van der Waals surface area contributed by atoms with E-state index in [2.05, 4.69) is 6.92 Å². The summed E-state index contributed by atoms with van der Waals surface area (Å²) >= 11 is 6.14. The van der Waals surface area contributed by atoms with Crippen molar-refractivity contribution >= 4 is 23.4 Å². The fourth-order valence-corrected chi connectivity index (χ4v) is 4.03. The van der Waals surface area contributed by atoms with Crippen LogP contribution in [-0.2, 0) is 0 Å². The lowest BCUT2D eigenvalue weighted by atomic mass is 10.0. The largest absolute Gasteiger partial charge is 0.494 e. The number of benzene rings is 3. The first kappa shape index (κ1) is 27.5. The van der Waals surface area contributed by atoms with Crippen LogP contribution in [0.2, 0.25) is 5.02 Å². The summed E-state index contributed by atoms with van der Waals surface area (Å²) in [4.78, 5) is 25.2. The number of halogens is 1. The maximum Gasteiger partial charge on any atom is 0.343 e. The molecule has 0 amide bonds. The third kappa shape index (κ3) is 8.53. The Kier molecular flexibility index (Phi) is 11.0. The molecule has 3 rings (SSSR count). The van der Waals surface area contributed by atoms with Gasteiger partial charge in [0, 0.05) is 16.1 Å². The average molecular weight is 507 g/mol. The van der Waals surface area contributed by atoms with Crippen molar-refractivity contribution in [2.45, 2.75) is 65.2 Å². The molecule has 36 heavy (non-hydrogen) atoms. The molecule has 3 aromatic rings. The summed E-state index contributed by atoms with van der Waals surface area (Å²) in [5.74, 6) is 0.508. The topological polar surface area (TPSA) is 52.6 Å². The molecule has 0 fully saturated rings. The highest BCUT2D eigenvalue weighted by molar-refractivity contribution is 6.31. The van der Waals surface area contributed by atoms with Crippen molar-refractivity contribution in [3.63, 3.8) is 0 Å². The monoisotopic (exact) mass is 506 g/mol. The van der Waals surface area contributed by atoms with Crippen molar-refractivity contribution < 1.29 is 19.1 Å². The Hall–Kier alpha value is -3.11. The summed E-state index contributed by atoms with van der Waals surface area (Å²) in [6, 6.07) is 18.7. The van der Waals surface area contributed by atoms with Gasteiger partial charge in [-0.15, -0.1) is 0 Å². The minimum Gasteiger partial charge on any atom is -0.494 e. The molecule has 0 saturated heterocycles. The van der Waals surface area contributed by atoms with Crippen molar-refractivity contribution in [3.8, 4) is 11.5 Å². The van der Waals surface area contributed by atoms with E-state index in [1.807, 2.05) is 13.0 Å². The summed E-state index contributed by atoms with van der Waals surface area (Å²) in [7, 11) is 0. The van der Waals surface area contributed by atoms with E-state index in [0.29, 0.717) is 34.1 Å². The fraction of sp³-hybridized carbons (Fsp3) is 0.355. The number of ether oxygens (including phenoxy) is 2. The van der Waals surface area contributed by atoms with Gasteiger partial charge in [-0.1, -0.05) is 75.6 Å². The molecule has 0 unspecified atom stereocenters. The smallest absolute Gasteiger partial charge is 0.343 e. The molecule has 0 aliphatic heterocycles. The van der Waals surface area contributed by atoms with Crippen molar-refractivity contribution in [2.24, 2.45) is 0 Å². The lowest BCUT2D eigenvalue weighted by Crippen LogP contribution is -2.09. The predicted octanol–water partition coefficient (Wildman–Crippen LogP) is 8.62. The minimum absolute atomic E-state index is 0.141. The molecule has 0 heterocycles. The van der Waals surface area contributed by atoms with Crippen LogP contribution in [0, 0.1) is 6.92 Å². The van der Waals surface area contributed by atoms with Gasteiger partial charge in [-0.25, -0.2) is 4.79 Å². The van der Waals surface area contributed by atoms with E-state index in [0.717, 1.165) is 17.7 Å². The quantitative estimate of drug-likeness (QED) is 0.0949. The molecule has 0 aliphatic carbocycles. The van der Waals surface area contributed by atoms with Gasteiger partial charge in [-0.2, -0.15) is 0 Å². The first-order chi connectivity index (χ1) is 17.5. The summed E-state index contributed by atoms with van der Waals surface area (Å²) in [6.07, 6.45) is 10.1. The second kappa shape index (κ2) is 14.4. The van der Waals surface area contributed by atoms with E-state index in [1.54, 1.807) is 60.7 Å². The van der Waals surface area contributed by atoms with E-state index >= 15 is 0 Å². The van der Waals surface area contributed by atoms with E-state index < -0.39 is 5.97 Å². The van der Waals surface area contributed by atoms with Crippen LogP contribution in [0.5, 0.6) is 11.5 Å². The Labute approximate surface area is 219 Å². The number of aryl methyl sites for hydroxylation is 1. The molecule has 190 valence electrons. The lowest BCUT2D eigenvalue weighted by molar-refractivity contribution is 0.0734. The van der Waals surface area contributed by atoms with Gasteiger partial charge in [0.25, 0.3) is 0 Å². The molecule has 0 aromatic heterocycles. The van der Waals surface area contributed by atoms with Crippen molar-refractivity contribution in [2.75, 3.05) is 6.61 Å². The van der Waals surface area contributed by atoms with Gasteiger partial charge in [0.2, 0.25) is 0 Å². The highest BCUT2D eigenvalue weighted by Crippen LogP contribution is 2.21. The zero-order valence-electron chi connectivity index (χ0n) is 21.2. The normalized spacial score (nSPS) is 10.8. The summed E-state index contributed by atoms with van der Waals surface area (Å²) in [6.45, 7) is 4.80. The van der Waals surface area contributed by atoms with Crippen LogP contribution in [-0.4, -0.2) is 18.4 Å². The lowest BCUT2D eigenvalue weighted by Gasteiger charge is -2.08. The van der Waals surface area contributed by atoms with Gasteiger partial charge < -0.3 is 9.47 Å². The van der Waals surface area contributed by atoms with Gasteiger partial charge in [0.05, 0.1) is 12.2 Å². The van der Waals surface area contributed by atoms with Gasteiger partial charge in [-0.05, 0) is 73.5 Å². The maximum atomic E-state index is 12.7. The zero-order chi connectivity index (χ0) is 25.8. The SMILES string of the molecule is CCCCCCCCCCOc1ccc(C(=O)Oc2ccc(C(=O)c3ccc(C)c(Cl)c3)cc2)cc1. The number of unbranched alkanes of at least 4 members (excludes halogenated alkanes) is 7. The molecule has 0 saturated carbocycles. The molecule has 0 N–H and O–H groups in total. The molecule has 0 aliphatic rings. The maximum absolute atomic E-state index is 12.7. The highest BCUT2D eigenvalue weighted by atomic mass is 35.5. The van der Waals surface area contributed by atoms with Crippen LogP contribution in [0.15, 0.2) is 66.7 Å². The first-order valence-corrected chi connectivity index (χ1v) is 13.2. The Morgan fingerprint density at radius 2 is 1.25 bits per heavy atom. The van der Waals surface area contributed by atoms with Crippen molar-refractivity contribution in [1.82, 2.24) is 0 Å². The average Bonchev–Trinajstić information content (AvgIpc) is 2.89. The Morgan fingerprint density at radius 1 is 0.694 bits per heavy atom. The van der Waals surface area contributed by atoms with Gasteiger partial charge >= 0.3 is 5.97 Å². The van der Waals surface area contributed by atoms with Gasteiger partial charge in [0.1, 0.15) is 11.5 Å². The summed E-state index contributed by atoms with van der Waals surface area (Å²) in [5.41, 5.74) is 2.36. The van der Waals surface area contributed by atoms with Crippen molar-refractivity contribution in [1.29, 1.82) is 0 Å². The molecule has 4 nitrogen and oxygen atoms in total. The van der Waals surface area contributed by atoms with E-state index in [9.17, 15) is 9.59 Å². The zero-order valence-corrected chi connectivity index (χ0v) is 22.0. The molecular weight excluding hydrogens is 472 g/mol. The van der Waals surface area contributed by atoms with Crippen LogP contribution in [0.4, 0.5) is 0 Å². The fourth-order valence-electron chi connectivity index (χ4n) is 3.85. The molecular formula is C31H35ClO4. The first-order valence-electron chi connectivity index (χ1n) is 12.8. The van der Waals surface area contributed by atoms with Crippen LogP contribution in [0.1, 0.15) is 90.1 Å². The summed E-state index contributed by atoms with van der Waals surface area (Å²) in [5, 5.41) is 0.552. The van der Waals surface area contributed by atoms with Crippen LogP contribution in [0.25, 0.3) is 0 Å². The Balaban J connectivity index is 1.43. The highest BCUT2D eigenvalue weighted by Gasteiger charge is 2.13. The molecule has 3 aromatic carbocycles. The molecule has 0 spiro atoms. The van der Waals surface area contributed by atoms with E-state index in [-0.39, 0.29) is 5.78 Å². The number of carbonyl (C=O) groups excluding carboxylic acids is 2. The third-order valence-corrected chi connectivity index (χ3v) is 6.52. The molecule has 0 radical (unpaired) electrons. The number of rotatable bonds is 14. The van der Waals surface area contributed by atoms with Crippen LogP contribution < -0.4 is 9.47 Å². The van der Waals surface area contributed by atoms with E-state index in [1.165, 1.54) is 44.9 Å². The van der Waals surface area contributed by atoms with E-state index in [4.69, 9.17) is 21.1 Å². The van der Waals surface area contributed by atoms with Gasteiger partial charge in [0.15, 0.2) is 5.78 Å². The second-order valence-electron chi connectivity index (χ2n) is 9.05. The van der Waals surface area contributed by atoms with Gasteiger partial charge in [-0.3, -0.25) is 4.79 Å². The number of esters is 1. The Bertz CT molecular complexity index is 1120. The van der Waals surface area contributed by atoms with Crippen LogP contribution in [0.3, 0.4) is 0 Å². The predicted molar refractivity (Wildman–Crippen MR) is 146 cm³/mol. The standard InChI is InChI=1S/C31H35ClO4/c1-3-4-5-6-7-8-9-10-21-35-27-17-15-25(16-18-27)31(34)36-28-19-13-24(14-20-28)30(33)26-12-11-23(2)29(32)22-26/h11-20,22H,3-10,21H2,1-2H3. The summed E-state index contributed by atoms with van der Waals surface area (Å²) < 4.78 is 11.3. The minimum atomic E-state index is -0.464. The molecule has 0 bridgehead atoms. The third-order valence-electron chi connectivity index (χ3n) is 6.12. The number of hydrogen-bond donors (Lipinski definition) is 0. The molecule has 5 heteroatoms. The Morgan fingerprint density at radius 3 is 1.89 bits per heavy atom. The van der Waals surface area contributed by atoms with Crippen LogP contribution >= 0.6 is 11.6 Å². The second-order valence-corrected chi connectivity index (χ2v) is 9.46. The molecule has 0 atom stereocenters. The van der Waals surface area contributed by atoms with Crippen molar-refractivity contribution in [3.05, 3.63) is 94.0 Å².